The second-order valence-corrected chi connectivity index (χ2v) is 7.61. The molecule has 0 atom stereocenters. The van der Waals surface area contributed by atoms with Crippen molar-refractivity contribution in [2.45, 2.75) is 24.8 Å². The van der Waals surface area contributed by atoms with E-state index >= 15 is 0 Å². The Balaban J connectivity index is 1.82. The molecule has 0 radical (unpaired) electrons. The van der Waals surface area contributed by atoms with Gasteiger partial charge in [-0.2, -0.15) is 0 Å². The molecule has 3 N–H and O–H groups in total. The monoisotopic (exact) mass is 389 g/mol. The van der Waals surface area contributed by atoms with Gasteiger partial charge in [0, 0.05) is 12.1 Å². The SMILES string of the molecule is CCOc1ccccc1CNS(=O)(=O)c1ccc2c(c1)NC(=O)CC(=O)N2. The molecule has 0 aromatic heterocycles. The van der Waals surface area contributed by atoms with Crippen LogP contribution < -0.4 is 20.1 Å². The third-order valence-electron chi connectivity index (χ3n) is 3.90. The quantitative estimate of drug-likeness (QED) is 0.653. The van der Waals surface area contributed by atoms with E-state index in [0.29, 0.717) is 23.6 Å². The maximum Gasteiger partial charge on any atom is 0.240 e. The summed E-state index contributed by atoms with van der Waals surface area (Å²) in [5.74, 6) is -0.341. The standard InChI is InChI=1S/C18H19N3O5S/c1-2-26-16-6-4-3-5-12(16)11-19-27(24,25)13-7-8-14-15(9-13)21-18(23)10-17(22)20-14/h3-9,19H,2,10-11H2,1H3,(H,20,22)(H,21,23). The van der Waals surface area contributed by atoms with E-state index in [0.717, 1.165) is 0 Å². The van der Waals surface area contributed by atoms with Crippen LogP contribution in [0.15, 0.2) is 47.4 Å². The summed E-state index contributed by atoms with van der Waals surface area (Å²) in [5, 5.41) is 5.09. The van der Waals surface area contributed by atoms with Crippen molar-refractivity contribution in [1.29, 1.82) is 0 Å². The molecule has 2 amide bonds. The minimum absolute atomic E-state index is 0.0217. The van der Waals surface area contributed by atoms with Crippen LogP contribution in [0.1, 0.15) is 18.9 Å². The topological polar surface area (TPSA) is 114 Å². The lowest BCUT2D eigenvalue weighted by atomic mass is 10.2. The number of sulfonamides is 1. The molecule has 0 bridgehead atoms. The number of benzene rings is 2. The largest absolute Gasteiger partial charge is 0.494 e. The summed E-state index contributed by atoms with van der Waals surface area (Å²) in [5.41, 5.74) is 1.30. The fraction of sp³-hybridized carbons (Fsp3) is 0.222. The number of carbonyl (C=O) groups is 2. The van der Waals surface area contributed by atoms with Gasteiger partial charge in [-0.1, -0.05) is 18.2 Å². The molecule has 2 aromatic rings. The van der Waals surface area contributed by atoms with Crippen molar-refractivity contribution in [3.63, 3.8) is 0 Å². The first kappa shape index (κ1) is 18.9. The Bertz CT molecular complexity index is 988. The lowest BCUT2D eigenvalue weighted by Crippen LogP contribution is -2.23. The maximum atomic E-state index is 12.6. The number of ether oxygens (including phenoxy) is 1. The van der Waals surface area contributed by atoms with Crippen molar-refractivity contribution in [2.24, 2.45) is 0 Å². The molecule has 1 aliphatic rings. The van der Waals surface area contributed by atoms with Crippen LogP contribution in [-0.2, 0) is 26.2 Å². The zero-order valence-corrected chi connectivity index (χ0v) is 15.4. The first-order valence-electron chi connectivity index (χ1n) is 8.33. The Morgan fingerprint density at radius 3 is 2.48 bits per heavy atom. The van der Waals surface area contributed by atoms with Gasteiger partial charge in [0.25, 0.3) is 0 Å². The second-order valence-electron chi connectivity index (χ2n) is 5.85. The van der Waals surface area contributed by atoms with Gasteiger partial charge in [-0.3, -0.25) is 9.59 Å². The number of nitrogens with one attached hydrogen (secondary N) is 3. The molecule has 0 aliphatic carbocycles. The second kappa shape index (κ2) is 7.77. The van der Waals surface area contributed by atoms with Gasteiger partial charge in [0.05, 0.1) is 22.9 Å². The van der Waals surface area contributed by atoms with Crippen LogP contribution >= 0.6 is 0 Å². The van der Waals surface area contributed by atoms with Crippen molar-refractivity contribution < 1.29 is 22.7 Å². The number of amides is 2. The van der Waals surface area contributed by atoms with Gasteiger partial charge in [-0.05, 0) is 31.2 Å². The highest BCUT2D eigenvalue weighted by molar-refractivity contribution is 7.89. The van der Waals surface area contributed by atoms with E-state index in [1.807, 2.05) is 13.0 Å². The summed E-state index contributed by atoms with van der Waals surface area (Å²) in [7, 11) is -3.84. The van der Waals surface area contributed by atoms with Crippen LogP contribution in [0.4, 0.5) is 11.4 Å². The number of rotatable bonds is 6. The smallest absolute Gasteiger partial charge is 0.240 e. The van der Waals surface area contributed by atoms with Crippen molar-refractivity contribution in [3.05, 3.63) is 48.0 Å². The molecule has 142 valence electrons. The summed E-state index contributed by atoms with van der Waals surface area (Å²) in [6, 6.07) is 11.3. The molecular weight excluding hydrogens is 370 g/mol. The molecule has 0 saturated carbocycles. The van der Waals surface area contributed by atoms with Gasteiger partial charge >= 0.3 is 0 Å². The molecule has 0 spiro atoms. The predicted octanol–water partition coefficient (Wildman–Crippen LogP) is 1.84. The minimum Gasteiger partial charge on any atom is -0.494 e. The zero-order chi connectivity index (χ0) is 19.4. The molecule has 0 saturated heterocycles. The van der Waals surface area contributed by atoms with E-state index in [1.54, 1.807) is 18.2 Å². The number of hydrogen-bond acceptors (Lipinski definition) is 5. The number of para-hydroxylation sites is 1. The van der Waals surface area contributed by atoms with Gasteiger partial charge in [-0.25, -0.2) is 13.1 Å². The third kappa shape index (κ3) is 4.44. The Kier molecular flexibility index (Phi) is 5.43. The van der Waals surface area contributed by atoms with Crippen LogP contribution in [0.3, 0.4) is 0 Å². The van der Waals surface area contributed by atoms with Crippen molar-refractivity contribution in [1.82, 2.24) is 4.72 Å². The van der Waals surface area contributed by atoms with E-state index in [9.17, 15) is 18.0 Å². The summed E-state index contributed by atoms with van der Waals surface area (Å²) < 4.78 is 33.3. The maximum absolute atomic E-state index is 12.6. The molecular formula is C18H19N3O5S. The highest BCUT2D eigenvalue weighted by Gasteiger charge is 2.22. The summed E-state index contributed by atoms with van der Waals surface area (Å²) in [6.45, 7) is 2.38. The third-order valence-corrected chi connectivity index (χ3v) is 5.29. The van der Waals surface area contributed by atoms with Crippen LogP contribution in [0, 0.1) is 0 Å². The Hall–Kier alpha value is -2.91. The van der Waals surface area contributed by atoms with Crippen LogP contribution in [-0.4, -0.2) is 26.8 Å². The van der Waals surface area contributed by atoms with Crippen molar-refractivity contribution >= 4 is 33.2 Å². The number of fused-ring (bicyclic) bond motifs is 1. The summed E-state index contributed by atoms with van der Waals surface area (Å²) >= 11 is 0. The Morgan fingerprint density at radius 1 is 1.04 bits per heavy atom. The summed E-state index contributed by atoms with van der Waals surface area (Å²) in [6.07, 6.45) is -0.316. The average Bonchev–Trinajstić information content (AvgIpc) is 2.76. The number of carbonyl (C=O) groups excluding carboxylic acids is 2. The van der Waals surface area contributed by atoms with Crippen LogP contribution in [0.5, 0.6) is 5.75 Å². The van der Waals surface area contributed by atoms with E-state index in [2.05, 4.69) is 15.4 Å². The van der Waals surface area contributed by atoms with E-state index < -0.39 is 21.8 Å². The Labute approximate surface area is 157 Å². The molecule has 0 fully saturated rings. The van der Waals surface area contributed by atoms with E-state index in [4.69, 9.17) is 4.74 Å². The first-order chi connectivity index (χ1) is 12.9. The van der Waals surface area contributed by atoms with E-state index in [-0.39, 0.29) is 23.5 Å². The predicted molar refractivity (Wildman–Crippen MR) is 100.0 cm³/mol. The summed E-state index contributed by atoms with van der Waals surface area (Å²) in [4.78, 5) is 23.2. The molecule has 1 aliphatic heterocycles. The lowest BCUT2D eigenvalue weighted by Gasteiger charge is -2.13. The average molecular weight is 389 g/mol. The molecule has 27 heavy (non-hydrogen) atoms. The Morgan fingerprint density at radius 2 is 1.74 bits per heavy atom. The fourth-order valence-corrected chi connectivity index (χ4v) is 3.67. The van der Waals surface area contributed by atoms with Crippen molar-refractivity contribution in [2.75, 3.05) is 17.2 Å². The van der Waals surface area contributed by atoms with Gasteiger partial charge in [0.15, 0.2) is 0 Å². The molecule has 3 rings (SSSR count). The molecule has 9 heteroatoms. The highest BCUT2D eigenvalue weighted by atomic mass is 32.2. The first-order valence-corrected chi connectivity index (χ1v) is 9.81. The van der Waals surface area contributed by atoms with Gasteiger partial charge in [0.1, 0.15) is 12.2 Å². The van der Waals surface area contributed by atoms with Gasteiger partial charge in [-0.15, -0.1) is 0 Å². The lowest BCUT2D eigenvalue weighted by molar-refractivity contribution is -0.123. The highest BCUT2D eigenvalue weighted by Crippen LogP contribution is 2.28. The number of anilines is 2. The van der Waals surface area contributed by atoms with E-state index in [1.165, 1.54) is 18.2 Å². The zero-order valence-electron chi connectivity index (χ0n) is 14.6. The van der Waals surface area contributed by atoms with Crippen LogP contribution in [0.2, 0.25) is 0 Å². The van der Waals surface area contributed by atoms with Gasteiger partial charge in [0.2, 0.25) is 21.8 Å². The minimum atomic E-state index is -3.84. The van der Waals surface area contributed by atoms with Crippen molar-refractivity contribution in [3.8, 4) is 5.75 Å². The van der Waals surface area contributed by atoms with Crippen LogP contribution in [0.25, 0.3) is 0 Å². The molecule has 1 heterocycles. The normalized spacial score (nSPS) is 14.0. The number of hydrogen-bond donors (Lipinski definition) is 3. The molecule has 0 unspecified atom stereocenters. The molecule has 8 nitrogen and oxygen atoms in total. The van der Waals surface area contributed by atoms with Gasteiger partial charge < -0.3 is 15.4 Å². The fourth-order valence-electron chi connectivity index (χ4n) is 2.64. The molecule has 2 aromatic carbocycles.